The fourth-order valence-corrected chi connectivity index (χ4v) is 1.87. The number of aryl methyl sites for hydroxylation is 1. The van der Waals surface area contributed by atoms with Crippen molar-refractivity contribution >= 4 is 11.6 Å². The molecule has 0 atom stereocenters. The Bertz CT molecular complexity index is 765. The lowest BCUT2D eigenvalue weighted by atomic mass is 10.2. The van der Waals surface area contributed by atoms with Crippen LogP contribution in [-0.4, -0.2) is 30.7 Å². The maximum absolute atomic E-state index is 11.2. The summed E-state index contributed by atoms with van der Waals surface area (Å²) in [5.41, 5.74) is 2.05. The Balaban J connectivity index is 2.29. The lowest BCUT2D eigenvalue weighted by Gasteiger charge is -1.99. The van der Waals surface area contributed by atoms with Crippen molar-refractivity contribution in [3.05, 3.63) is 47.9 Å². The van der Waals surface area contributed by atoms with E-state index < -0.39 is 5.97 Å². The summed E-state index contributed by atoms with van der Waals surface area (Å²) in [6.45, 7) is 1.85. The minimum atomic E-state index is -1.02. The largest absolute Gasteiger partial charge is 0.478 e. The molecule has 19 heavy (non-hydrogen) atoms. The molecule has 94 valence electrons. The number of nitrogens with zero attached hydrogens (tertiary/aromatic N) is 4. The molecule has 3 aromatic heterocycles. The van der Waals surface area contributed by atoms with Crippen LogP contribution in [0, 0.1) is 6.92 Å². The van der Waals surface area contributed by atoms with Crippen LogP contribution < -0.4 is 0 Å². The molecule has 0 aliphatic carbocycles. The molecule has 3 aromatic rings. The standard InChI is InChI=1S/C13H10N4O2/c1-8-4-5-10(13(18)19)12-15-11(16-17(8)12)9-3-2-6-14-7-9/h2-7H,1H3,(H,18,19). The number of carbonyl (C=O) groups is 1. The van der Waals surface area contributed by atoms with Gasteiger partial charge in [-0.25, -0.2) is 14.3 Å². The van der Waals surface area contributed by atoms with Crippen LogP contribution in [0.15, 0.2) is 36.7 Å². The van der Waals surface area contributed by atoms with Crippen LogP contribution in [-0.2, 0) is 0 Å². The van der Waals surface area contributed by atoms with E-state index in [9.17, 15) is 4.79 Å². The third-order valence-electron chi connectivity index (χ3n) is 2.82. The number of carboxylic acid groups (broad SMARTS) is 1. The molecule has 1 N–H and O–H groups in total. The second-order valence-corrected chi connectivity index (χ2v) is 4.11. The highest BCUT2D eigenvalue weighted by Gasteiger charge is 2.15. The fraction of sp³-hybridized carbons (Fsp3) is 0.0769. The third-order valence-corrected chi connectivity index (χ3v) is 2.82. The van der Waals surface area contributed by atoms with Crippen LogP contribution in [0.1, 0.15) is 16.1 Å². The molecule has 0 fully saturated rings. The maximum atomic E-state index is 11.2. The number of hydrogen-bond donors (Lipinski definition) is 1. The summed E-state index contributed by atoms with van der Waals surface area (Å²) in [7, 11) is 0. The number of rotatable bonds is 2. The predicted molar refractivity (Wildman–Crippen MR) is 67.9 cm³/mol. The number of pyridine rings is 2. The zero-order valence-electron chi connectivity index (χ0n) is 10.1. The Morgan fingerprint density at radius 3 is 2.84 bits per heavy atom. The number of aromatic carboxylic acids is 1. The Morgan fingerprint density at radius 2 is 2.16 bits per heavy atom. The van der Waals surface area contributed by atoms with Gasteiger partial charge < -0.3 is 5.11 Å². The number of aromatic nitrogens is 4. The average Bonchev–Trinajstić information content (AvgIpc) is 2.85. The van der Waals surface area contributed by atoms with Gasteiger partial charge in [-0.05, 0) is 31.2 Å². The minimum Gasteiger partial charge on any atom is -0.478 e. The normalized spacial score (nSPS) is 10.8. The van der Waals surface area contributed by atoms with Crippen LogP contribution in [0.4, 0.5) is 0 Å². The summed E-state index contributed by atoms with van der Waals surface area (Å²) >= 11 is 0. The van der Waals surface area contributed by atoms with Crippen molar-refractivity contribution in [3.8, 4) is 11.4 Å². The van der Waals surface area contributed by atoms with Gasteiger partial charge in [0.15, 0.2) is 11.5 Å². The molecule has 0 saturated heterocycles. The van der Waals surface area contributed by atoms with E-state index in [1.54, 1.807) is 24.5 Å². The molecule has 6 nitrogen and oxygen atoms in total. The van der Waals surface area contributed by atoms with E-state index in [1.165, 1.54) is 10.6 Å². The summed E-state index contributed by atoms with van der Waals surface area (Å²) in [5, 5.41) is 13.5. The maximum Gasteiger partial charge on any atom is 0.339 e. The van der Waals surface area contributed by atoms with Crippen LogP contribution in [0.3, 0.4) is 0 Å². The Kier molecular flexibility index (Phi) is 2.49. The molecular formula is C13H10N4O2. The third kappa shape index (κ3) is 1.83. The van der Waals surface area contributed by atoms with Crippen LogP contribution in [0.2, 0.25) is 0 Å². The predicted octanol–water partition coefficient (Wildman–Crippen LogP) is 1.80. The fourth-order valence-electron chi connectivity index (χ4n) is 1.87. The zero-order chi connectivity index (χ0) is 13.4. The highest BCUT2D eigenvalue weighted by molar-refractivity contribution is 5.94. The first-order valence-electron chi connectivity index (χ1n) is 5.67. The summed E-state index contributed by atoms with van der Waals surface area (Å²) in [6, 6.07) is 6.86. The quantitative estimate of drug-likeness (QED) is 0.754. The van der Waals surface area contributed by atoms with Crippen molar-refractivity contribution in [1.82, 2.24) is 19.6 Å². The smallest absolute Gasteiger partial charge is 0.339 e. The van der Waals surface area contributed by atoms with E-state index in [-0.39, 0.29) is 5.56 Å². The first-order valence-corrected chi connectivity index (χ1v) is 5.67. The zero-order valence-corrected chi connectivity index (χ0v) is 10.1. The molecule has 0 aliphatic heterocycles. The van der Waals surface area contributed by atoms with Crippen molar-refractivity contribution in [2.45, 2.75) is 6.92 Å². The Hall–Kier alpha value is -2.76. The summed E-state index contributed by atoms with van der Waals surface area (Å²) < 4.78 is 1.53. The minimum absolute atomic E-state index is 0.133. The second kappa shape index (κ2) is 4.16. The van der Waals surface area contributed by atoms with Crippen molar-refractivity contribution in [1.29, 1.82) is 0 Å². The topological polar surface area (TPSA) is 80.4 Å². The number of hydrogen-bond acceptors (Lipinski definition) is 4. The first kappa shape index (κ1) is 11.3. The summed E-state index contributed by atoms with van der Waals surface area (Å²) in [6.07, 6.45) is 3.30. The first-order chi connectivity index (χ1) is 9.16. The number of carboxylic acids is 1. The van der Waals surface area contributed by atoms with Gasteiger partial charge in [0, 0.05) is 23.7 Å². The van der Waals surface area contributed by atoms with Gasteiger partial charge in [0.1, 0.15) is 5.56 Å². The van der Waals surface area contributed by atoms with Gasteiger partial charge in [0.25, 0.3) is 0 Å². The van der Waals surface area contributed by atoms with Gasteiger partial charge in [-0.15, -0.1) is 5.10 Å². The summed E-state index contributed by atoms with van der Waals surface area (Å²) in [4.78, 5) is 19.5. The lowest BCUT2D eigenvalue weighted by molar-refractivity contribution is 0.0698. The molecule has 0 radical (unpaired) electrons. The van der Waals surface area contributed by atoms with E-state index in [4.69, 9.17) is 5.11 Å². The molecule has 0 bridgehead atoms. The highest BCUT2D eigenvalue weighted by Crippen LogP contribution is 2.18. The molecule has 0 aromatic carbocycles. The number of fused-ring (bicyclic) bond motifs is 1. The van der Waals surface area contributed by atoms with E-state index in [2.05, 4.69) is 15.1 Å². The van der Waals surface area contributed by atoms with Gasteiger partial charge in [-0.2, -0.15) is 0 Å². The van der Waals surface area contributed by atoms with Crippen molar-refractivity contribution < 1.29 is 9.90 Å². The van der Waals surface area contributed by atoms with Gasteiger partial charge >= 0.3 is 5.97 Å². The van der Waals surface area contributed by atoms with Crippen LogP contribution >= 0.6 is 0 Å². The van der Waals surface area contributed by atoms with Crippen molar-refractivity contribution in [2.75, 3.05) is 0 Å². The molecule has 0 amide bonds. The van der Waals surface area contributed by atoms with Crippen molar-refractivity contribution in [3.63, 3.8) is 0 Å². The molecule has 0 unspecified atom stereocenters. The van der Waals surface area contributed by atoms with Gasteiger partial charge in [0.2, 0.25) is 0 Å². The van der Waals surface area contributed by atoms with E-state index in [1.807, 2.05) is 13.0 Å². The molecule has 6 heteroatoms. The second-order valence-electron chi connectivity index (χ2n) is 4.11. The molecule has 3 rings (SSSR count). The molecule has 3 heterocycles. The Morgan fingerprint density at radius 1 is 1.32 bits per heavy atom. The van der Waals surface area contributed by atoms with Crippen molar-refractivity contribution in [2.24, 2.45) is 0 Å². The average molecular weight is 254 g/mol. The molecular weight excluding hydrogens is 244 g/mol. The summed E-state index contributed by atoms with van der Waals surface area (Å²) in [5.74, 6) is -0.556. The van der Waals surface area contributed by atoms with Crippen LogP contribution in [0.25, 0.3) is 17.0 Å². The SMILES string of the molecule is Cc1ccc(C(=O)O)c2nc(-c3cccnc3)nn12. The van der Waals surface area contributed by atoms with Gasteiger partial charge in [-0.1, -0.05) is 0 Å². The van der Waals surface area contributed by atoms with Gasteiger partial charge in [0.05, 0.1) is 0 Å². The molecule has 0 aliphatic rings. The highest BCUT2D eigenvalue weighted by atomic mass is 16.4. The van der Waals surface area contributed by atoms with Crippen LogP contribution in [0.5, 0.6) is 0 Å². The monoisotopic (exact) mass is 254 g/mol. The van der Waals surface area contributed by atoms with Gasteiger partial charge in [-0.3, -0.25) is 4.98 Å². The lowest BCUT2D eigenvalue weighted by Crippen LogP contribution is -2.03. The van der Waals surface area contributed by atoms with E-state index >= 15 is 0 Å². The van der Waals surface area contributed by atoms with E-state index in [0.717, 1.165) is 11.3 Å². The molecule has 0 spiro atoms. The van der Waals surface area contributed by atoms with E-state index in [0.29, 0.717) is 11.5 Å². The Labute approximate surface area is 108 Å². The molecule has 0 saturated carbocycles.